The second kappa shape index (κ2) is 9.89. The molecule has 0 unspecified atom stereocenters. The molecule has 4 rings (SSSR count). The Morgan fingerprint density at radius 2 is 0.571 bits per heavy atom. The Hall–Kier alpha value is -4.97. The molecular weight excluding hydrogens is 444 g/mol. The molecule has 0 heterocycles. The summed E-state index contributed by atoms with van der Waals surface area (Å²) in [6.07, 6.45) is 0. The smallest absolute Gasteiger partial charge is 0.335 e. The molecule has 0 atom stereocenters. The van der Waals surface area contributed by atoms with E-state index < -0.39 is 17.9 Å². The number of hydrogen-bond acceptors (Lipinski definition) is 3. The second-order valence-corrected chi connectivity index (χ2v) is 7.76. The molecular formula is C29H20O6. The summed E-state index contributed by atoms with van der Waals surface area (Å²) in [5, 5.41) is 28.0. The topological polar surface area (TPSA) is 112 Å². The highest BCUT2D eigenvalue weighted by molar-refractivity contribution is 6.05. The maximum absolute atomic E-state index is 11.4. The minimum Gasteiger partial charge on any atom is -0.478 e. The zero-order chi connectivity index (χ0) is 24.9. The van der Waals surface area contributed by atoms with Gasteiger partial charge in [-0.1, -0.05) is 66.7 Å². The normalized spacial score (nSPS) is 10.4. The maximum atomic E-state index is 11.4. The van der Waals surface area contributed by atoms with Crippen molar-refractivity contribution in [3.63, 3.8) is 0 Å². The Labute approximate surface area is 201 Å². The van der Waals surface area contributed by atoms with Crippen molar-refractivity contribution in [3.05, 3.63) is 142 Å². The summed E-state index contributed by atoms with van der Waals surface area (Å²) in [7, 11) is 0. The fraction of sp³-hybridized carbons (Fsp3) is 0. The molecule has 0 saturated heterocycles. The van der Waals surface area contributed by atoms with E-state index in [1.807, 2.05) is 30.3 Å². The lowest BCUT2D eigenvalue weighted by atomic mass is 9.85. The summed E-state index contributed by atoms with van der Waals surface area (Å²) in [6.45, 7) is 0. The first-order chi connectivity index (χ1) is 16.8. The Morgan fingerprint density at radius 3 is 0.829 bits per heavy atom. The highest BCUT2D eigenvalue weighted by atomic mass is 16.4. The molecule has 0 aliphatic heterocycles. The van der Waals surface area contributed by atoms with Crippen LogP contribution < -0.4 is 0 Å². The Morgan fingerprint density at radius 1 is 0.343 bits per heavy atom. The molecule has 6 heteroatoms. The van der Waals surface area contributed by atoms with E-state index in [9.17, 15) is 29.7 Å². The van der Waals surface area contributed by atoms with E-state index in [1.54, 1.807) is 36.4 Å². The average Bonchev–Trinajstić information content (AvgIpc) is 2.88. The molecule has 0 aliphatic rings. The predicted octanol–water partition coefficient (Wildman–Crippen LogP) is 5.79. The van der Waals surface area contributed by atoms with Crippen LogP contribution in [0.5, 0.6) is 0 Å². The van der Waals surface area contributed by atoms with Gasteiger partial charge in [0, 0.05) is 0 Å². The Kier molecular flexibility index (Phi) is 6.55. The molecule has 3 N–H and O–H groups in total. The number of hydrogen-bond donors (Lipinski definition) is 3. The maximum Gasteiger partial charge on any atom is 0.335 e. The van der Waals surface area contributed by atoms with Gasteiger partial charge in [-0.25, -0.2) is 14.4 Å². The largest absolute Gasteiger partial charge is 0.478 e. The van der Waals surface area contributed by atoms with Gasteiger partial charge >= 0.3 is 17.9 Å². The van der Waals surface area contributed by atoms with Crippen LogP contribution in [-0.4, -0.2) is 33.2 Å². The summed E-state index contributed by atoms with van der Waals surface area (Å²) < 4.78 is 0. The molecule has 0 amide bonds. The van der Waals surface area contributed by atoms with Gasteiger partial charge in [-0.05, 0) is 69.8 Å². The van der Waals surface area contributed by atoms with Crippen LogP contribution in [0.25, 0.3) is 11.1 Å². The van der Waals surface area contributed by atoms with Crippen LogP contribution >= 0.6 is 0 Å². The first kappa shape index (κ1) is 23.2. The molecule has 0 aliphatic carbocycles. The predicted molar refractivity (Wildman–Crippen MR) is 132 cm³/mol. The summed E-state index contributed by atoms with van der Waals surface area (Å²) in [5.41, 5.74) is 5.01. The van der Waals surface area contributed by atoms with Gasteiger partial charge in [-0.3, -0.25) is 0 Å². The molecule has 0 spiro atoms. The molecule has 0 bridgehead atoms. The number of carboxylic acid groups (broad SMARTS) is 3. The number of benzene rings is 4. The van der Waals surface area contributed by atoms with Crippen LogP contribution in [0.3, 0.4) is 0 Å². The first-order valence-corrected chi connectivity index (χ1v) is 10.7. The fourth-order valence-electron chi connectivity index (χ4n) is 3.85. The minimum absolute atomic E-state index is 0.140. The van der Waals surface area contributed by atoms with Crippen molar-refractivity contribution in [3.8, 4) is 0 Å². The van der Waals surface area contributed by atoms with E-state index in [0.29, 0.717) is 0 Å². The molecule has 0 fully saturated rings. The highest BCUT2D eigenvalue weighted by Crippen LogP contribution is 2.37. The van der Waals surface area contributed by atoms with Crippen LogP contribution in [0.1, 0.15) is 53.3 Å². The van der Waals surface area contributed by atoms with Crippen LogP contribution in [0.2, 0.25) is 0 Å². The van der Waals surface area contributed by atoms with Crippen molar-refractivity contribution in [1.29, 1.82) is 0 Å². The SMILES string of the molecule is O=C(O)c1ccc(C(=C(c2ccc(C(=O)O)cc2)c2ccc(C(=O)O)cc2)c2ccccc2)cc1. The molecule has 4 aromatic carbocycles. The van der Waals surface area contributed by atoms with Crippen molar-refractivity contribution in [2.24, 2.45) is 0 Å². The van der Waals surface area contributed by atoms with Crippen LogP contribution in [-0.2, 0) is 0 Å². The lowest BCUT2D eigenvalue weighted by Crippen LogP contribution is -2.02. The summed E-state index contributed by atoms with van der Waals surface area (Å²) in [5.74, 6) is -3.11. The van der Waals surface area contributed by atoms with Gasteiger partial charge in [-0.15, -0.1) is 0 Å². The number of carboxylic acids is 3. The van der Waals surface area contributed by atoms with E-state index in [0.717, 1.165) is 33.4 Å². The van der Waals surface area contributed by atoms with E-state index in [4.69, 9.17) is 0 Å². The average molecular weight is 464 g/mol. The Bertz CT molecular complexity index is 1360. The lowest BCUT2D eigenvalue weighted by molar-refractivity contribution is 0.0686. The van der Waals surface area contributed by atoms with Gasteiger partial charge in [0.1, 0.15) is 0 Å². The first-order valence-electron chi connectivity index (χ1n) is 10.7. The number of rotatable bonds is 7. The van der Waals surface area contributed by atoms with Crippen molar-refractivity contribution in [2.75, 3.05) is 0 Å². The third-order valence-corrected chi connectivity index (χ3v) is 5.57. The third kappa shape index (κ3) is 5.02. The van der Waals surface area contributed by atoms with Crippen molar-refractivity contribution in [1.82, 2.24) is 0 Å². The third-order valence-electron chi connectivity index (χ3n) is 5.57. The van der Waals surface area contributed by atoms with Crippen LogP contribution in [0.15, 0.2) is 103 Å². The van der Waals surface area contributed by atoms with Gasteiger partial charge in [0.05, 0.1) is 16.7 Å². The van der Waals surface area contributed by atoms with Crippen molar-refractivity contribution in [2.45, 2.75) is 0 Å². The fourth-order valence-corrected chi connectivity index (χ4v) is 3.85. The van der Waals surface area contributed by atoms with Gasteiger partial charge in [0.2, 0.25) is 0 Å². The molecule has 172 valence electrons. The molecule has 0 aromatic heterocycles. The summed E-state index contributed by atoms with van der Waals surface area (Å²) >= 11 is 0. The zero-order valence-electron chi connectivity index (χ0n) is 18.4. The van der Waals surface area contributed by atoms with Gasteiger partial charge in [-0.2, -0.15) is 0 Å². The molecule has 0 saturated carbocycles. The van der Waals surface area contributed by atoms with Gasteiger partial charge < -0.3 is 15.3 Å². The highest BCUT2D eigenvalue weighted by Gasteiger charge is 2.18. The van der Waals surface area contributed by atoms with Crippen molar-refractivity contribution >= 4 is 29.1 Å². The van der Waals surface area contributed by atoms with Gasteiger partial charge in [0.25, 0.3) is 0 Å². The lowest BCUT2D eigenvalue weighted by Gasteiger charge is -2.18. The van der Waals surface area contributed by atoms with Crippen molar-refractivity contribution < 1.29 is 29.7 Å². The monoisotopic (exact) mass is 464 g/mol. The molecule has 35 heavy (non-hydrogen) atoms. The second-order valence-electron chi connectivity index (χ2n) is 7.76. The van der Waals surface area contributed by atoms with E-state index in [2.05, 4.69) is 0 Å². The van der Waals surface area contributed by atoms with E-state index in [-0.39, 0.29) is 16.7 Å². The summed E-state index contributed by atoms with van der Waals surface area (Å²) in [4.78, 5) is 34.2. The zero-order valence-corrected chi connectivity index (χ0v) is 18.4. The Balaban J connectivity index is 2.04. The number of carbonyl (C=O) groups is 3. The molecule has 0 radical (unpaired) electrons. The van der Waals surface area contributed by atoms with Crippen LogP contribution in [0.4, 0.5) is 0 Å². The summed E-state index contributed by atoms with van der Waals surface area (Å²) in [6, 6.07) is 28.9. The molecule has 4 aromatic rings. The van der Waals surface area contributed by atoms with E-state index >= 15 is 0 Å². The number of aromatic carboxylic acids is 3. The van der Waals surface area contributed by atoms with Gasteiger partial charge in [0.15, 0.2) is 0 Å². The van der Waals surface area contributed by atoms with Crippen LogP contribution in [0, 0.1) is 0 Å². The standard InChI is InChI=1S/C29H20O6/c30-27(31)22-12-6-19(7-13-22)25(18-4-2-1-3-5-18)26(20-8-14-23(15-9-20)28(32)33)21-10-16-24(17-11-21)29(34)35/h1-17H,(H,30,31)(H,32,33)(H,34,35). The van der Waals surface area contributed by atoms with E-state index in [1.165, 1.54) is 36.4 Å². The minimum atomic E-state index is -1.04. The molecule has 6 nitrogen and oxygen atoms in total. The quantitative estimate of drug-likeness (QED) is 0.299.